The Morgan fingerprint density at radius 2 is 1.76 bits per heavy atom. The zero-order chi connectivity index (χ0) is 17.8. The number of carbonyl (C=O) groups is 1. The van der Waals surface area contributed by atoms with Gasteiger partial charge in [0, 0.05) is 38.3 Å². The van der Waals surface area contributed by atoms with Gasteiger partial charge in [-0.3, -0.25) is 9.69 Å². The molecule has 0 spiro atoms. The summed E-state index contributed by atoms with van der Waals surface area (Å²) < 4.78 is 0. The number of halogens is 2. The summed E-state index contributed by atoms with van der Waals surface area (Å²) >= 11 is 12.1. The molecule has 1 aliphatic heterocycles. The molecule has 5 heteroatoms. The van der Waals surface area contributed by atoms with Gasteiger partial charge in [-0.2, -0.15) is 0 Å². The van der Waals surface area contributed by atoms with Crippen LogP contribution in [0.2, 0.25) is 10.0 Å². The van der Waals surface area contributed by atoms with Crippen molar-refractivity contribution in [2.75, 3.05) is 18.0 Å². The summed E-state index contributed by atoms with van der Waals surface area (Å²) in [5, 5.41) is 0.985. The molecule has 2 aromatic carbocycles. The van der Waals surface area contributed by atoms with E-state index in [1.807, 2.05) is 17.0 Å². The first-order chi connectivity index (χ1) is 12.0. The summed E-state index contributed by atoms with van der Waals surface area (Å²) in [6, 6.07) is 16.1. The van der Waals surface area contributed by atoms with Crippen LogP contribution >= 0.6 is 23.2 Å². The smallest absolute Gasteiger partial charge is 0.224 e. The number of rotatable bonds is 4. The molecule has 0 saturated carbocycles. The quantitative estimate of drug-likeness (QED) is 0.748. The average molecular weight is 377 g/mol. The van der Waals surface area contributed by atoms with E-state index in [0.29, 0.717) is 10.0 Å². The van der Waals surface area contributed by atoms with Crippen molar-refractivity contribution in [3.63, 3.8) is 0 Å². The van der Waals surface area contributed by atoms with Gasteiger partial charge in [0.05, 0.1) is 10.0 Å². The van der Waals surface area contributed by atoms with Crippen molar-refractivity contribution in [3.05, 3.63) is 64.1 Å². The fourth-order valence-electron chi connectivity index (χ4n) is 3.46. The molecular weight excluding hydrogens is 355 g/mol. The molecule has 0 radical (unpaired) electrons. The van der Waals surface area contributed by atoms with Crippen LogP contribution in [0.25, 0.3) is 0 Å². The van der Waals surface area contributed by atoms with Crippen molar-refractivity contribution in [2.45, 2.75) is 32.4 Å². The Morgan fingerprint density at radius 1 is 1.08 bits per heavy atom. The van der Waals surface area contributed by atoms with Gasteiger partial charge in [-0.1, -0.05) is 53.5 Å². The second-order valence-electron chi connectivity index (χ2n) is 6.48. The Bertz CT molecular complexity index is 728. The van der Waals surface area contributed by atoms with E-state index in [9.17, 15) is 4.79 Å². The third kappa shape index (κ3) is 4.55. The first-order valence-electron chi connectivity index (χ1n) is 8.55. The lowest BCUT2D eigenvalue weighted by atomic mass is 10.0. The van der Waals surface area contributed by atoms with Crippen molar-refractivity contribution < 1.29 is 4.79 Å². The molecule has 132 valence electrons. The van der Waals surface area contributed by atoms with Gasteiger partial charge < -0.3 is 4.90 Å². The molecule has 1 aliphatic rings. The number of benzene rings is 2. The van der Waals surface area contributed by atoms with Gasteiger partial charge in [0.1, 0.15) is 0 Å². The van der Waals surface area contributed by atoms with Gasteiger partial charge in [0.15, 0.2) is 0 Å². The van der Waals surface area contributed by atoms with Crippen LogP contribution in [0.15, 0.2) is 48.5 Å². The normalized spacial score (nSPS) is 16.0. The number of anilines is 1. The highest BCUT2D eigenvalue weighted by Crippen LogP contribution is 2.30. The predicted octanol–water partition coefficient (Wildman–Crippen LogP) is 5.01. The maximum atomic E-state index is 12.2. The Morgan fingerprint density at radius 3 is 2.36 bits per heavy atom. The maximum absolute atomic E-state index is 12.2. The summed E-state index contributed by atoms with van der Waals surface area (Å²) in [7, 11) is 0. The number of likely N-dealkylation sites (tertiary alicyclic amines) is 1. The molecule has 0 bridgehead atoms. The largest absolute Gasteiger partial charge is 0.309 e. The third-order valence-corrected chi connectivity index (χ3v) is 5.43. The number of amides is 1. The molecule has 0 N–H and O–H groups in total. The van der Waals surface area contributed by atoms with Crippen LogP contribution in [-0.4, -0.2) is 29.9 Å². The highest BCUT2D eigenvalue weighted by molar-refractivity contribution is 6.42. The van der Waals surface area contributed by atoms with Crippen LogP contribution in [0.1, 0.15) is 25.3 Å². The van der Waals surface area contributed by atoms with E-state index < -0.39 is 0 Å². The monoisotopic (exact) mass is 376 g/mol. The van der Waals surface area contributed by atoms with Crippen LogP contribution in [0.3, 0.4) is 0 Å². The minimum atomic E-state index is 0.0416. The Kier molecular flexibility index (Phi) is 6.00. The molecule has 25 heavy (non-hydrogen) atoms. The third-order valence-electron chi connectivity index (χ3n) is 4.69. The number of piperidine rings is 1. The molecule has 0 aromatic heterocycles. The van der Waals surface area contributed by atoms with E-state index in [-0.39, 0.29) is 11.9 Å². The summed E-state index contributed by atoms with van der Waals surface area (Å²) in [6.07, 6.45) is 1.90. The molecule has 3 nitrogen and oxygen atoms in total. The summed E-state index contributed by atoms with van der Waals surface area (Å²) in [5.74, 6) is 0.0416. The molecule has 0 unspecified atom stereocenters. The Hall–Kier alpha value is -1.55. The van der Waals surface area contributed by atoms with E-state index in [2.05, 4.69) is 29.2 Å². The van der Waals surface area contributed by atoms with E-state index in [1.165, 1.54) is 5.56 Å². The van der Waals surface area contributed by atoms with Crippen LogP contribution in [0.5, 0.6) is 0 Å². The van der Waals surface area contributed by atoms with Gasteiger partial charge in [-0.05, 0) is 36.6 Å². The summed E-state index contributed by atoms with van der Waals surface area (Å²) in [5.41, 5.74) is 2.15. The number of carbonyl (C=O) groups excluding carboxylic acids is 1. The minimum Gasteiger partial charge on any atom is -0.309 e. The molecule has 1 amide bonds. The SMILES string of the molecule is CC(=O)N(c1ccc(Cl)c(Cl)c1)C1CCN(Cc2ccccc2)CC1. The molecule has 1 saturated heterocycles. The van der Waals surface area contributed by atoms with Crippen LogP contribution in [0, 0.1) is 0 Å². The molecule has 0 atom stereocenters. The van der Waals surface area contributed by atoms with Gasteiger partial charge >= 0.3 is 0 Å². The van der Waals surface area contributed by atoms with Gasteiger partial charge in [-0.15, -0.1) is 0 Å². The van der Waals surface area contributed by atoms with E-state index >= 15 is 0 Å². The number of hydrogen-bond acceptors (Lipinski definition) is 2. The summed E-state index contributed by atoms with van der Waals surface area (Å²) in [6.45, 7) is 4.52. The fraction of sp³-hybridized carbons (Fsp3) is 0.350. The molecule has 1 heterocycles. The summed E-state index contributed by atoms with van der Waals surface area (Å²) in [4.78, 5) is 16.6. The average Bonchev–Trinajstić information content (AvgIpc) is 2.60. The molecule has 2 aromatic rings. The molecular formula is C20H22Cl2N2O. The molecule has 1 fully saturated rings. The van der Waals surface area contributed by atoms with Crippen LogP contribution in [0.4, 0.5) is 5.69 Å². The highest BCUT2D eigenvalue weighted by atomic mass is 35.5. The molecule has 3 rings (SSSR count). The lowest BCUT2D eigenvalue weighted by molar-refractivity contribution is -0.117. The predicted molar refractivity (Wildman–Crippen MR) is 104 cm³/mol. The van der Waals surface area contributed by atoms with Gasteiger partial charge in [0.25, 0.3) is 0 Å². The first kappa shape index (κ1) is 18.2. The van der Waals surface area contributed by atoms with Crippen molar-refractivity contribution >= 4 is 34.8 Å². The minimum absolute atomic E-state index is 0.0416. The Balaban J connectivity index is 1.66. The zero-order valence-corrected chi connectivity index (χ0v) is 15.8. The Labute approximate surface area is 159 Å². The van der Waals surface area contributed by atoms with Crippen molar-refractivity contribution in [1.29, 1.82) is 0 Å². The molecule has 0 aliphatic carbocycles. The maximum Gasteiger partial charge on any atom is 0.224 e. The fourth-order valence-corrected chi connectivity index (χ4v) is 3.75. The van der Waals surface area contributed by atoms with Gasteiger partial charge in [0.2, 0.25) is 5.91 Å². The van der Waals surface area contributed by atoms with Crippen molar-refractivity contribution in [2.24, 2.45) is 0 Å². The highest BCUT2D eigenvalue weighted by Gasteiger charge is 2.27. The van der Waals surface area contributed by atoms with E-state index in [4.69, 9.17) is 23.2 Å². The topological polar surface area (TPSA) is 23.6 Å². The van der Waals surface area contributed by atoms with E-state index in [0.717, 1.165) is 38.2 Å². The second-order valence-corrected chi connectivity index (χ2v) is 7.29. The first-order valence-corrected chi connectivity index (χ1v) is 9.31. The lowest BCUT2D eigenvalue weighted by Crippen LogP contribution is -2.46. The van der Waals surface area contributed by atoms with Crippen molar-refractivity contribution in [1.82, 2.24) is 4.90 Å². The zero-order valence-electron chi connectivity index (χ0n) is 14.3. The number of hydrogen-bond donors (Lipinski definition) is 0. The van der Waals surface area contributed by atoms with E-state index in [1.54, 1.807) is 19.1 Å². The standard InChI is InChI=1S/C20H22Cl2N2O/c1-15(25)24(18-7-8-19(21)20(22)13-18)17-9-11-23(12-10-17)14-16-5-3-2-4-6-16/h2-8,13,17H,9-12,14H2,1H3. The van der Waals surface area contributed by atoms with Gasteiger partial charge in [-0.25, -0.2) is 0 Å². The van der Waals surface area contributed by atoms with Crippen LogP contribution < -0.4 is 4.90 Å². The van der Waals surface area contributed by atoms with Crippen molar-refractivity contribution in [3.8, 4) is 0 Å². The number of nitrogens with zero attached hydrogens (tertiary/aromatic N) is 2. The van der Waals surface area contributed by atoms with Crippen LogP contribution in [-0.2, 0) is 11.3 Å². The lowest BCUT2D eigenvalue weighted by Gasteiger charge is -2.38. The second kappa shape index (κ2) is 8.22.